The monoisotopic (exact) mass is 136 g/mol. The Morgan fingerprint density at radius 2 is 1.90 bits per heavy atom. The topological polar surface area (TPSA) is 29.5 Å². The van der Waals surface area contributed by atoms with Crippen LogP contribution in [0.4, 0.5) is 0 Å². The zero-order chi connectivity index (χ0) is 7.23. The molecular weight excluding hydrogens is 128 g/mol. The van der Waals surface area contributed by atoms with Crippen LogP contribution in [0.3, 0.4) is 0 Å². The van der Waals surface area contributed by atoms with E-state index in [1.54, 1.807) is 6.08 Å². The van der Waals surface area contributed by atoms with Crippen molar-refractivity contribution in [1.82, 2.24) is 0 Å². The fourth-order valence-electron chi connectivity index (χ4n) is 0.673. The molecule has 0 aliphatic heterocycles. The van der Waals surface area contributed by atoms with Gasteiger partial charge in [-0.3, -0.25) is 0 Å². The molecule has 0 unspecified atom stereocenters. The van der Waals surface area contributed by atoms with Gasteiger partial charge in [0.15, 0.2) is 0 Å². The van der Waals surface area contributed by atoms with Gasteiger partial charge in [-0.15, -0.1) is 0 Å². The van der Waals surface area contributed by atoms with Crippen LogP contribution in [0.1, 0.15) is 5.56 Å². The summed E-state index contributed by atoms with van der Waals surface area (Å²) < 4.78 is 0. The molecule has 1 N–H and O–H groups in total. The molecule has 0 fully saturated rings. The smallest absolute Gasteiger partial charge is 0.129 e. The highest BCUT2D eigenvalue weighted by atomic mass is 17.1. The Labute approximate surface area is 59.3 Å². The van der Waals surface area contributed by atoms with Gasteiger partial charge in [0.05, 0.1) is 0 Å². The lowest BCUT2D eigenvalue weighted by Gasteiger charge is -1.88. The molecule has 0 spiro atoms. The summed E-state index contributed by atoms with van der Waals surface area (Å²) in [5.41, 5.74) is 0.997. The van der Waals surface area contributed by atoms with Crippen molar-refractivity contribution in [2.24, 2.45) is 0 Å². The lowest BCUT2D eigenvalue weighted by atomic mass is 10.2. The van der Waals surface area contributed by atoms with Crippen molar-refractivity contribution in [3.63, 3.8) is 0 Å². The van der Waals surface area contributed by atoms with Crippen molar-refractivity contribution in [2.75, 3.05) is 0 Å². The largest absolute Gasteiger partial charge is 0.348 e. The second kappa shape index (κ2) is 3.69. The summed E-state index contributed by atoms with van der Waals surface area (Å²) in [6.07, 6.45) is 2.88. The first-order chi connectivity index (χ1) is 4.93. The van der Waals surface area contributed by atoms with E-state index in [0.29, 0.717) is 0 Å². The molecule has 0 saturated heterocycles. The Balaban J connectivity index is 2.67. The quantitative estimate of drug-likeness (QED) is 0.383. The van der Waals surface area contributed by atoms with Crippen molar-refractivity contribution < 1.29 is 10.1 Å². The van der Waals surface area contributed by atoms with Crippen LogP contribution in [0.15, 0.2) is 36.6 Å². The van der Waals surface area contributed by atoms with E-state index < -0.39 is 0 Å². The summed E-state index contributed by atoms with van der Waals surface area (Å²) in [5, 5.41) is 7.94. The Kier molecular flexibility index (Phi) is 2.52. The van der Waals surface area contributed by atoms with Crippen LogP contribution in [0.5, 0.6) is 0 Å². The summed E-state index contributed by atoms with van der Waals surface area (Å²) in [6, 6.07) is 9.58. The van der Waals surface area contributed by atoms with Crippen LogP contribution in [0.25, 0.3) is 6.08 Å². The van der Waals surface area contributed by atoms with Gasteiger partial charge in [0.2, 0.25) is 0 Å². The summed E-state index contributed by atoms with van der Waals surface area (Å²) in [6.45, 7) is 0. The Morgan fingerprint density at radius 3 is 2.50 bits per heavy atom. The van der Waals surface area contributed by atoms with Gasteiger partial charge in [0.25, 0.3) is 0 Å². The number of rotatable bonds is 2. The molecule has 10 heavy (non-hydrogen) atoms. The molecule has 0 aliphatic carbocycles. The molecule has 0 heterocycles. The minimum Gasteiger partial charge on any atom is -0.348 e. The first-order valence-electron chi connectivity index (χ1n) is 2.95. The SMILES string of the molecule is OOC=Cc1ccccc1. The van der Waals surface area contributed by atoms with Crippen molar-refractivity contribution in [3.05, 3.63) is 42.2 Å². The molecule has 2 heteroatoms. The average Bonchev–Trinajstić information content (AvgIpc) is 2.03. The van der Waals surface area contributed by atoms with E-state index >= 15 is 0 Å². The molecule has 0 aliphatic rings. The fourth-order valence-corrected chi connectivity index (χ4v) is 0.673. The minimum atomic E-state index is 0.997. The molecule has 52 valence electrons. The Bertz CT molecular complexity index is 204. The highest BCUT2D eigenvalue weighted by Gasteiger charge is 1.80. The van der Waals surface area contributed by atoms with Gasteiger partial charge in [0, 0.05) is 0 Å². The first-order valence-corrected chi connectivity index (χ1v) is 2.95. The Morgan fingerprint density at radius 1 is 1.20 bits per heavy atom. The maximum absolute atomic E-state index is 7.94. The van der Waals surface area contributed by atoms with Gasteiger partial charge in [-0.25, -0.2) is 5.26 Å². The van der Waals surface area contributed by atoms with Crippen LogP contribution in [0.2, 0.25) is 0 Å². The van der Waals surface area contributed by atoms with Gasteiger partial charge >= 0.3 is 0 Å². The molecule has 1 aromatic rings. The fraction of sp³-hybridized carbons (Fsp3) is 0. The van der Waals surface area contributed by atoms with Crippen LogP contribution in [-0.2, 0) is 4.89 Å². The predicted molar refractivity (Wildman–Crippen MR) is 39.2 cm³/mol. The zero-order valence-corrected chi connectivity index (χ0v) is 5.40. The van der Waals surface area contributed by atoms with Crippen molar-refractivity contribution in [1.29, 1.82) is 0 Å². The van der Waals surface area contributed by atoms with Crippen LogP contribution >= 0.6 is 0 Å². The third-order valence-electron chi connectivity index (χ3n) is 1.12. The normalized spacial score (nSPS) is 10.1. The van der Waals surface area contributed by atoms with Crippen LogP contribution < -0.4 is 0 Å². The van der Waals surface area contributed by atoms with Crippen molar-refractivity contribution >= 4 is 6.08 Å². The van der Waals surface area contributed by atoms with E-state index in [0.717, 1.165) is 5.56 Å². The van der Waals surface area contributed by atoms with Crippen LogP contribution in [-0.4, -0.2) is 5.26 Å². The van der Waals surface area contributed by atoms with E-state index in [1.165, 1.54) is 6.26 Å². The third kappa shape index (κ3) is 1.91. The molecule has 0 amide bonds. The molecule has 0 aromatic heterocycles. The van der Waals surface area contributed by atoms with E-state index in [-0.39, 0.29) is 0 Å². The summed E-state index contributed by atoms with van der Waals surface area (Å²) in [7, 11) is 0. The van der Waals surface area contributed by atoms with Crippen molar-refractivity contribution in [2.45, 2.75) is 0 Å². The van der Waals surface area contributed by atoms with E-state index in [4.69, 9.17) is 5.26 Å². The van der Waals surface area contributed by atoms with Gasteiger partial charge in [-0.05, 0) is 11.6 Å². The molecule has 0 atom stereocenters. The molecule has 0 radical (unpaired) electrons. The maximum Gasteiger partial charge on any atom is 0.129 e. The standard InChI is InChI=1S/C8H8O2/c9-10-7-6-8-4-2-1-3-5-8/h1-7,9H. The van der Waals surface area contributed by atoms with Gasteiger partial charge in [0.1, 0.15) is 6.26 Å². The number of benzene rings is 1. The molecule has 2 nitrogen and oxygen atoms in total. The second-order valence-electron chi connectivity index (χ2n) is 1.82. The lowest BCUT2D eigenvalue weighted by Crippen LogP contribution is -1.69. The maximum atomic E-state index is 7.94. The summed E-state index contributed by atoms with van der Waals surface area (Å²) >= 11 is 0. The number of hydrogen-bond acceptors (Lipinski definition) is 2. The minimum absolute atomic E-state index is 0.997. The molecule has 0 bridgehead atoms. The summed E-state index contributed by atoms with van der Waals surface area (Å²) in [4.78, 5) is 3.77. The van der Waals surface area contributed by atoms with Gasteiger partial charge in [-0.1, -0.05) is 30.3 Å². The zero-order valence-electron chi connectivity index (χ0n) is 5.40. The first kappa shape index (κ1) is 6.83. The molecule has 1 rings (SSSR count). The molecule has 0 saturated carbocycles. The molecule has 1 aromatic carbocycles. The summed E-state index contributed by atoms with van der Waals surface area (Å²) in [5.74, 6) is 0. The second-order valence-corrected chi connectivity index (χ2v) is 1.82. The van der Waals surface area contributed by atoms with Gasteiger partial charge in [-0.2, -0.15) is 0 Å². The van der Waals surface area contributed by atoms with Crippen molar-refractivity contribution in [3.8, 4) is 0 Å². The van der Waals surface area contributed by atoms with E-state index in [1.807, 2.05) is 30.3 Å². The van der Waals surface area contributed by atoms with E-state index in [9.17, 15) is 0 Å². The molecular formula is C8H8O2. The van der Waals surface area contributed by atoms with Gasteiger partial charge < -0.3 is 4.89 Å². The predicted octanol–water partition coefficient (Wildman–Crippen LogP) is 2.15. The van der Waals surface area contributed by atoms with Crippen LogP contribution in [0, 0.1) is 0 Å². The number of hydrogen-bond donors (Lipinski definition) is 1. The third-order valence-corrected chi connectivity index (χ3v) is 1.12. The average molecular weight is 136 g/mol. The highest BCUT2D eigenvalue weighted by molar-refractivity contribution is 5.47. The lowest BCUT2D eigenvalue weighted by molar-refractivity contribution is -0.185. The highest BCUT2D eigenvalue weighted by Crippen LogP contribution is 1.99. The Hall–Kier alpha value is -1.28. The van der Waals surface area contributed by atoms with E-state index in [2.05, 4.69) is 4.89 Å².